The van der Waals surface area contributed by atoms with Gasteiger partial charge in [-0.3, -0.25) is 0 Å². The smallest absolute Gasteiger partial charge is 0.188 e. The van der Waals surface area contributed by atoms with Crippen molar-refractivity contribution in [2.45, 2.75) is 6.92 Å². The Morgan fingerprint density at radius 3 is 2.77 bits per heavy atom. The van der Waals surface area contributed by atoms with Gasteiger partial charge in [-0.2, -0.15) is 11.3 Å². The molecule has 0 radical (unpaired) electrons. The monoisotopic (exact) mass is 214 g/mol. The predicted octanol–water partition coefficient (Wildman–Crippen LogP) is 2.95. The highest BCUT2D eigenvalue weighted by Crippen LogP contribution is 2.35. The fourth-order valence-corrected chi connectivity index (χ4v) is 2.05. The first kappa shape index (κ1) is 8.59. The lowest BCUT2D eigenvalue weighted by Crippen LogP contribution is -1.83. The van der Waals surface area contributed by atoms with Gasteiger partial charge in [0.25, 0.3) is 0 Å². The van der Waals surface area contributed by atoms with Crippen LogP contribution in [0.15, 0.2) is 15.3 Å². The summed E-state index contributed by atoms with van der Waals surface area (Å²) >= 11 is 7.49. The van der Waals surface area contributed by atoms with Gasteiger partial charge >= 0.3 is 0 Å². The molecule has 0 spiro atoms. The molecule has 3 nitrogen and oxygen atoms in total. The van der Waals surface area contributed by atoms with E-state index in [-0.39, 0.29) is 5.82 Å². The van der Waals surface area contributed by atoms with Crippen LogP contribution in [-0.2, 0) is 0 Å². The van der Waals surface area contributed by atoms with Crippen LogP contribution in [0.1, 0.15) is 5.56 Å². The molecule has 13 heavy (non-hydrogen) atoms. The Morgan fingerprint density at radius 2 is 2.31 bits per heavy atom. The summed E-state index contributed by atoms with van der Waals surface area (Å²) in [6.07, 6.45) is 0. The minimum absolute atomic E-state index is 0.238. The maximum Gasteiger partial charge on any atom is 0.188 e. The third-order valence-corrected chi connectivity index (χ3v) is 2.99. The highest BCUT2D eigenvalue weighted by Gasteiger charge is 2.15. The first-order chi connectivity index (χ1) is 6.20. The average molecular weight is 215 g/mol. The molecule has 2 rings (SSSR count). The molecule has 2 aromatic heterocycles. The van der Waals surface area contributed by atoms with Gasteiger partial charge < -0.3 is 10.3 Å². The van der Waals surface area contributed by atoms with Crippen LogP contribution >= 0.6 is 22.9 Å². The minimum atomic E-state index is 0.238. The molecule has 0 atom stereocenters. The second kappa shape index (κ2) is 3.05. The first-order valence-corrected chi connectivity index (χ1v) is 4.96. The van der Waals surface area contributed by atoms with Gasteiger partial charge in [0, 0.05) is 10.9 Å². The molecule has 0 amide bonds. The maximum absolute atomic E-state index is 5.90. The predicted molar refractivity (Wildman–Crippen MR) is 54.0 cm³/mol. The van der Waals surface area contributed by atoms with Gasteiger partial charge in [-0.05, 0) is 17.9 Å². The molecule has 2 N–H and O–H groups in total. The zero-order valence-corrected chi connectivity index (χ0v) is 8.45. The lowest BCUT2D eigenvalue weighted by molar-refractivity contribution is 0.436. The van der Waals surface area contributed by atoms with Crippen molar-refractivity contribution in [1.82, 2.24) is 5.16 Å². The van der Waals surface area contributed by atoms with E-state index in [1.54, 1.807) is 11.3 Å². The van der Waals surface area contributed by atoms with Gasteiger partial charge in [0.2, 0.25) is 0 Å². The van der Waals surface area contributed by atoms with Crippen molar-refractivity contribution in [1.29, 1.82) is 0 Å². The van der Waals surface area contributed by atoms with E-state index in [1.807, 2.05) is 17.7 Å². The molecule has 0 saturated heterocycles. The van der Waals surface area contributed by atoms with Gasteiger partial charge in [0.05, 0.1) is 0 Å². The highest BCUT2D eigenvalue weighted by atomic mass is 35.5. The molecule has 0 aliphatic rings. The quantitative estimate of drug-likeness (QED) is 0.794. The number of halogens is 1. The topological polar surface area (TPSA) is 52.0 Å². The molecule has 0 aliphatic carbocycles. The number of nitrogens with zero attached hydrogens (tertiary/aromatic N) is 1. The van der Waals surface area contributed by atoms with Crippen LogP contribution in [0, 0.1) is 6.92 Å². The van der Waals surface area contributed by atoms with E-state index in [2.05, 4.69) is 5.16 Å². The minimum Gasteiger partial charge on any atom is -0.380 e. The second-order valence-electron chi connectivity index (χ2n) is 2.68. The molecular weight excluding hydrogens is 208 g/mol. The van der Waals surface area contributed by atoms with E-state index in [0.29, 0.717) is 10.8 Å². The van der Waals surface area contributed by atoms with E-state index in [4.69, 9.17) is 21.9 Å². The number of nitrogens with two attached hydrogens (primary N) is 1. The first-order valence-electron chi connectivity index (χ1n) is 3.64. The van der Waals surface area contributed by atoms with Crippen LogP contribution in [0.5, 0.6) is 0 Å². The lowest BCUT2D eigenvalue weighted by atomic mass is 10.2. The average Bonchev–Trinajstić information content (AvgIpc) is 2.62. The maximum atomic E-state index is 5.90. The molecule has 0 bridgehead atoms. The van der Waals surface area contributed by atoms with Crippen molar-refractivity contribution in [2.24, 2.45) is 0 Å². The summed E-state index contributed by atoms with van der Waals surface area (Å²) in [5.41, 5.74) is 7.53. The van der Waals surface area contributed by atoms with Crippen LogP contribution in [-0.4, -0.2) is 5.16 Å². The Hall–Kier alpha value is -1.00. The molecule has 0 saturated carbocycles. The van der Waals surface area contributed by atoms with E-state index in [0.717, 1.165) is 11.1 Å². The van der Waals surface area contributed by atoms with Crippen LogP contribution in [0.25, 0.3) is 11.3 Å². The summed E-state index contributed by atoms with van der Waals surface area (Å²) in [5.74, 6) is 0.792. The molecule has 2 heterocycles. The van der Waals surface area contributed by atoms with Crippen LogP contribution in [0.3, 0.4) is 0 Å². The van der Waals surface area contributed by atoms with Crippen LogP contribution in [0.2, 0.25) is 5.02 Å². The number of aryl methyl sites for hydroxylation is 1. The molecule has 0 aliphatic heterocycles. The zero-order chi connectivity index (χ0) is 9.42. The third-order valence-electron chi connectivity index (χ3n) is 1.76. The van der Waals surface area contributed by atoms with E-state index >= 15 is 0 Å². The van der Waals surface area contributed by atoms with Gasteiger partial charge in [0.1, 0.15) is 5.02 Å². The van der Waals surface area contributed by atoms with Crippen LogP contribution < -0.4 is 5.73 Å². The fraction of sp³-hybridized carbons (Fsp3) is 0.125. The molecule has 0 unspecified atom stereocenters. The Labute approximate surface area is 84.1 Å². The van der Waals surface area contributed by atoms with Crippen LogP contribution in [0.4, 0.5) is 5.82 Å². The van der Waals surface area contributed by atoms with Crippen molar-refractivity contribution in [3.8, 4) is 11.3 Å². The number of anilines is 1. The van der Waals surface area contributed by atoms with E-state index in [9.17, 15) is 0 Å². The van der Waals surface area contributed by atoms with Crippen molar-refractivity contribution >= 4 is 28.8 Å². The number of thiophene rings is 1. The second-order valence-corrected chi connectivity index (χ2v) is 3.80. The normalized spacial score (nSPS) is 10.6. The Bertz CT molecular complexity index is 435. The molecule has 5 heteroatoms. The van der Waals surface area contributed by atoms with Crippen molar-refractivity contribution in [3.05, 3.63) is 21.3 Å². The number of hydrogen-bond donors (Lipinski definition) is 1. The molecular formula is C8H7ClN2OS. The Balaban J connectivity index is 2.59. The van der Waals surface area contributed by atoms with Gasteiger partial charge in [-0.1, -0.05) is 16.8 Å². The van der Waals surface area contributed by atoms with Crippen molar-refractivity contribution < 1.29 is 4.52 Å². The van der Waals surface area contributed by atoms with Crippen molar-refractivity contribution in [3.63, 3.8) is 0 Å². The lowest BCUT2D eigenvalue weighted by Gasteiger charge is -1.92. The number of hydrogen-bond acceptors (Lipinski definition) is 4. The summed E-state index contributed by atoms with van der Waals surface area (Å²) in [5, 5.41) is 7.96. The number of rotatable bonds is 1. The van der Waals surface area contributed by atoms with Gasteiger partial charge in [0.15, 0.2) is 11.6 Å². The Morgan fingerprint density at radius 1 is 1.54 bits per heavy atom. The summed E-state index contributed by atoms with van der Waals surface area (Å²) in [7, 11) is 0. The fourth-order valence-electron chi connectivity index (χ4n) is 1.05. The zero-order valence-electron chi connectivity index (χ0n) is 6.87. The number of aromatic nitrogens is 1. The SMILES string of the molecule is Cc1cscc1-c1onc(N)c1Cl. The summed E-state index contributed by atoms with van der Waals surface area (Å²) in [4.78, 5) is 0. The Kier molecular flexibility index (Phi) is 2.01. The van der Waals surface area contributed by atoms with E-state index in [1.165, 1.54) is 0 Å². The third kappa shape index (κ3) is 1.32. The van der Waals surface area contributed by atoms with Gasteiger partial charge in [-0.25, -0.2) is 0 Å². The largest absolute Gasteiger partial charge is 0.380 e. The molecule has 0 aromatic carbocycles. The molecule has 0 fully saturated rings. The van der Waals surface area contributed by atoms with E-state index < -0.39 is 0 Å². The summed E-state index contributed by atoms with van der Waals surface area (Å²) < 4.78 is 5.02. The summed E-state index contributed by atoms with van der Waals surface area (Å²) in [6, 6.07) is 0. The standard InChI is InChI=1S/C8H7ClN2OS/c1-4-2-13-3-5(4)7-6(9)8(10)11-12-7/h2-3H,1H3,(H2,10,11). The molecule has 68 valence electrons. The summed E-state index contributed by atoms with van der Waals surface area (Å²) in [6.45, 7) is 1.99. The van der Waals surface area contributed by atoms with Gasteiger partial charge in [-0.15, -0.1) is 0 Å². The van der Waals surface area contributed by atoms with Crippen molar-refractivity contribution in [2.75, 3.05) is 5.73 Å². The number of nitrogen functional groups attached to an aromatic ring is 1. The molecule has 2 aromatic rings. The highest BCUT2D eigenvalue weighted by molar-refractivity contribution is 7.08.